The second kappa shape index (κ2) is 4.10. The van der Waals surface area contributed by atoms with Crippen molar-refractivity contribution in [3.63, 3.8) is 0 Å². The number of hydrogen-bond donors (Lipinski definition) is 0. The van der Waals surface area contributed by atoms with Crippen molar-refractivity contribution in [2.75, 3.05) is 18.7 Å². The van der Waals surface area contributed by atoms with E-state index in [2.05, 4.69) is 66.3 Å². The van der Waals surface area contributed by atoms with Gasteiger partial charge in [-0.15, -0.1) is 0 Å². The van der Waals surface area contributed by atoms with E-state index in [0.29, 0.717) is 0 Å². The van der Waals surface area contributed by atoms with Crippen LogP contribution < -0.4 is 5.01 Å². The normalized spacial score (nSPS) is 18.0. The molecule has 0 saturated carbocycles. The molecule has 0 aromatic heterocycles. The molecule has 1 aliphatic heterocycles. The molecular formula is C18H19N3. The number of fused-ring (bicyclic) bond motifs is 3. The Kier molecular flexibility index (Phi) is 2.43. The molecule has 0 saturated heterocycles. The summed E-state index contributed by atoms with van der Waals surface area (Å²) in [5.41, 5.74) is 6.76. The first kappa shape index (κ1) is 12.5. The molecule has 2 aromatic carbocycles. The highest BCUT2D eigenvalue weighted by Gasteiger charge is 2.35. The zero-order valence-corrected chi connectivity index (χ0v) is 12.7. The van der Waals surface area contributed by atoms with Crippen molar-refractivity contribution in [3.05, 3.63) is 53.6 Å². The molecule has 1 aliphatic carbocycles. The summed E-state index contributed by atoms with van der Waals surface area (Å²) in [6.45, 7) is 5.42. The fourth-order valence-corrected chi connectivity index (χ4v) is 3.45. The number of anilines is 1. The highest BCUT2D eigenvalue weighted by Crippen LogP contribution is 2.49. The van der Waals surface area contributed by atoms with Crippen LogP contribution in [0.1, 0.15) is 25.0 Å². The molecule has 0 amide bonds. The lowest BCUT2D eigenvalue weighted by molar-refractivity contribution is 0.549. The van der Waals surface area contributed by atoms with Crippen molar-refractivity contribution < 1.29 is 0 Å². The van der Waals surface area contributed by atoms with Gasteiger partial charge in [0, 0.05) is 12.5 Å². The van der Waals surface area contributed by atoms with Crippen molar-refractivity contribution in [3.8, 4) is 11.1 Å². The fraction of sp³-hybridized carbons (Fsp3) is 0.278. The summed E-state index contributed by atoms with van der Waals surface area (Å²) < 4.78 is 0. The number of hydrogen-bond acceptors (Lipinski definition) is 3. The molecule has 2 aromatic rings. The molecule has 3 nitrogen and oxygen atoms in total. The van der Waals surface area contributed by atoms with E-state index >= 15 is 0 Å². The van der Waals surface area contributed by atoms with Crippen LogP contribution >= 0.6 is 0 Å². The van der Waals surface area contributed by atoms with Crippen LogP contribution in [-0.4, -0.2) is 25.0 Å². The first-order chi connectivity index (χ1) is 10.1. The van der Waals surface area contributed by atoms with Gasteiger partial charge in [-0.25, -0.2) is 5.01 Å². The second-order valence-electron chi connectivity index (χ2n) is 6.43. The van der Waals surface area contributed by atoms with Gasteiger partial charge in [-0.05, 0) is 34.4 Å². The standard InChI is InChI=1S/C18H19N3/c1-18(2)16-7-5-4-6-14(16)15-10-13(8-9-17(15)18)21-12-20(3)11-19-21/h4-11H,12H2,1-3H3. The average molecular weight is 277 g/mol. The Morgan fingerprint density at radius 2 is 1.76 bits per heavy atom. The zero-order valence-electron chi connectivity index (χ0n) is 12.7. The first-order valence-electron chi connectivity index (χ1n) is 7.34. The first-order valence-corrected chi connectivity index (χ1v) is 7.34. The van der Waals surface area contributed by atoms with E-state index in [1.54, 1.807) is 0 Å². The topological polar surface area (TPSA) is 18.8 Å². The smallest absolute Gasteiger partial charge is 0.113 e. The Hall–Kier alpha value is -2.29. The summed E-state index contributed by atoms with van der Waals surface area (Å²) in [7, 11) is 2.04. The molecule has 0 unspecified atom stereocenters. The van der Waals surface area contributed by atoms with Crippen molar-refractivity contribution in [1.82, 2.24) is 4.90 Å². The van der Waals surface area contributed by atoms with Gasteiger partial charge in [0.1, 0.15) is 13.0 Å². The summed E-state index contributed by atoms with van der Waals surface area (Å²) >= 11 is 0. The van der Waals surface area contributed by atoms with Gasteiger partial charge in [-0.2, -0.15) is 5.10 Å². The van der Waals surface area contributed by atoms with Crippen LogP contribution in [0.5, 0.6) is 0 Å². The summed E-state index contributed by atoms with van der Waals surface area (Å²) in [6, 6.07) is 15.5. The minimum atomic E-state index is 0.0789. The van der Waals surface area contributed by atoms with E-state index in [-0.39, 0.29) is 5.41 Å². The third-order valence-electron chi connectivity index (χ3n) is 4.61. The van der Waals surface area contributed by atoms with E-state index < -0.39 is 0 Å². The van der Waals surface area contributed by atoms with E-state index in [0.717, 1.165) is 12.4 Å². The Bertz CT molecular complexity index is 746. The summed E-state index contributed by atoms with van der Waals surface area (Å²) in [5.74, 6) is 0. The molecule has 3 heteroatoms. The minimum Gasteiger partial charge on any atom is -0.345 e. The average Bonchev–Trinajstić information content (AvgIpc) is 3.01. The minimum absolute atomic E-state index is 0.0789. The molecule has 106 valence electrons. The van der Waals surface area contributed by atoms with E-state index in [1.165, 1.54) is 22.3 Å². The molecule has 0 bridgehead atoms. The second-order valence-corrected chi connectivity index (χ2v) is 6.43. The molecule has 2 aliphatic rings. The fourth-order valence-electron chi connectivity index (χ4n) is 3.45. The van der Waals surface area contributed by atoms with Crippen LogP contribution in [-0.2, 0) is 5.41 Å². The summed E-state index contributed by atoms with van der Waals surface area (Å²) in [5, 5.41) is 6.47. The third kappa shape index (κ3) is 1.70. The maximum atomic E-state index is 4.44. The molecular weight excluding hydrogens is 258 g/mol. The third-order valence-corrected chi connectivity index (χ3v) is 4.61. The van der Waals surface area contributed by atoms with Crippen LogP contribution in [0.2, 0.25) is 0 Å². The molecule has 4 rings (SSSR count). The van der Waals surface area contributed by atoms with Crippen molar-refractivity contribution in [2.24, 2.45) is 5.10 Å². The quantitative estimate of drug-likeness (QED) is 0.792. The van der Waals surface area contributed by atoms with E-state index in [1.807, 2.05) is 18.4 Å². The number of benzene rings is 2. The predicted molar refractivity (Wildman–Crippen MR) is 87.6 cm³/mol. The largest absolute Gasteiger partial charge is 0.345 e. The van der Waals surface area contributed by atoms with Gasteiger partial charge in [-0.1, -0.05) is 44.2 Å². The maximum absolute atomic E-state index is 4.44. The van der Waals surface area contributed by atoms with Crippen molar-refractivity contribution >= 4 is 12.0 Å². The van der Waals surface area contributed by atoms with Crippen molar-refractivity contribution in [2.45, 2.75) is 19.3 Å². The van der Waals surface area contributed by atoms with E-state index in [4.69, 9.17) is 0 Å². The van der Waals surface area contributed by atoms with Gasteiger partial charge < -0.3 is 4.90 Å². The Balaban J connectivity index is 1.86. The Labute approximate surface area is 125 Å². The van der Waals surface area contributed by atoms with Gasteiger partial charge >= 0.3 is 0 Å². The van der Waals surface area contributed by atoms with Gasteiger partial charge in [0.2, 0.25) is 0 Å². The van der Waals surface area contributed by atoms with Gasteiger partial charge in [0.05, 0.1) is 5.69 Å². The van der Waals surface area contributed by atoms with E-state index in [9.17, 15) is 0 Å². The van der Waals surface area contributed by atoms with Crippen LogP contribution in [0.15, 0.2) is 47.6 Å². The van der Waals surface area contributed by atoms with Gasteiger partial charge in [0.25, 0.3) is 0 Å². The summed E-state index contributed by atoms with van der Waals surface area (Å²) in [6.07, 6.45) is 1.87. The zero-order chi connectivity index (χ0) is 14.6. The number of hydrazone groups is 1. The number of rotatable bonds is 1. The highest BCUT2D eigenvalue weighted by molar-refractivity contribution is 5.83. The molecule has 0 radical (unpaired) electrons. The van der Waals surface area contributed by atoms with Crippen LogP contribution in [0.3, 0.4) is 0 Å². The molecule has 0 fully saturated rings. The van der Waals surface area contributed by atoms with Gasteiger partial charge in [-0.3, -0.25) is 0 Å². The maximum Gasteiger partial charge on any atom is 0.113 e. The monoisotopic (exact) mass is 277 g/mol. The molecule has 0 atom stereocenters. The molecule has 21 heavy (non-hydrogen) atoms. The predicted octanol–water partition coefficient (Wildman–Crippen LogP) is 3.65. The molecule has 0 spiro atoms. The van der Waals surface area contributed by atoms with Crippen LogP contribution in [0.4, 0.5) is 5.69 Å². The Morgan fingerprint density at radius 1 is 1.00 bits per heavy atom. The highest BCUT2D eigenvalue weighted by atomic mass is 15.6. The van der Waals surface area contributed by atoms with Crippen LogP contribution in [0, 0.1) is 0 Å². The van der Waals surface area contributed by atoms with Crippen LogP contribution in [0.25, 0.3) is 11.1 Å². The summed E-state index contributed by atoms with van der Waals surface area (Å²) in [4.78, 5) is 2.07. The van der Waals surface area contributed by atoms with Crippen molar-refractivity contribution in [1.29, 1.82) is 0 Å². The van der Waals surface area contributed by atoms with Gasteiger partial charge in [0.15, 0.2) is 0 Å². The Morgan fingerprint density at radius 3 is 2.52 bits per heavy atom. The SMILES string of the molecule is CN1C=NN(c2ccc3c(c2)-c2ccccc2C3(C)C)C1. The lowest BCUT2D eigenvalue weighted by atomic mass is 9.82. The lowest BCUT2D eigenvalue weighted by Gasteiger charge is -2.22. The molecule has 0 N–H and O–H groups in total. The lowest BCUT2D eigenvalue weighted by Crippen LogP contribution is -2.22. The number of nitrogens with zero attached hydrogens (tertiary/aromatic N) is 3. The molecule has 1 heterocycles.